The first-order chi connectivity index (χ1) is 19.2. The third-order valence-electron chi connectivity index (χ3n) is 7.16. The van der Waals surface area contributed by atoms with Crippen LogP contribution < -0.4 is 48.1 Å². The minimum absolute atomic E-state index is 0.0121. The van der Waals surface area contributed by atoms with E-state index in [0.29, 0.717) is 42.0 Å². The van der Waals surface area contributed by atoms with Crippen LogP contribution in [0.5, 0.6) is 5.75 Å². The fourth-order valence-corrected chi connectivity index (χ4v) is 5.02. The summed E-state index contributed by atoms with van der Waals surface area (Å²) >= 11 is 0. The number of halogens is 1. The first-order valence-corrected chi connectivity index (χ1v) is 12.5. The van der Waals surface area contributed by atoms with E-state index in [1.165, 1.54) is 18.2 Å². The quantitative estimate of drug-likeness (QED) is 0.166. The second-order valence-electron chi connectivity index (χ2n) is 9.51. The monoisotopic (exact) mass is 542 g/mol. The maximum Gasteiger partial charge on any atom is 0.253 e. The van der Waals surface area contributed by atoms with Crippen LogP contribution in [-0.4, -0.2) is 36.2 Å². The number of H-pyrrole nitrogens is 1. The molecule has 0 spiro atoms. The molecule has 11 nitrogen and oxygen atoms in total. The number of anilines is 4. The van der Waals surface area contributed by atoms with Crippen LogP contribution in [0.4, 0.5) is 27.1 Å². The van der Waals surface area contributed by atoms with Crippen molar-refractivity contribution in [3.63, 3.8) is 0 Å². The molecule has 0 unspecified atom stereocenters. The molecule has 3 heterocycles. The number of hydrogen-bond acceptors (Lipinski definition) is 10. The molecule has 6 rings (SSSR count). The number of aromatic amines is 1. The molecule has 0 fully saturated rings. The summed E-state index contributed by atoms with van der Waals surface area (Å²) in [7, 11) is 0. The van der Waals surface area contributed by atoms with E-state index >= 15 is 0 Å². The van der Waals surface area contributed by atoms with Gasteiger partial charge in [0, 0.05) is 42.5 Å². The Bertz CT molecular complexity index is 1980. The van der Waals surface area contributed by atoms with Crippen molar-refractivity contribution in [2.75, 3.05) is 47.9 Å². The number of nitrogens with two attached hydrogens (primary N) is 2. The lowest BCUT2D eigenvalue weighted by molar-refractivity contribution is 0.333. The number of benzene rings is 1. The van der Waals surface area contributed by atoms with E-state index in [1.807, 2.05) is 12.1 Å². The van der Waals surface area contributed by atoms with Crippen molar-refractivity contribution in [3.05, 3.63) is 95.0 Å². The number of fused-ring (bicyclic) bond motifs is 1. The van der Waals surface area contributed by atoms with Gasteiger partial charge in [0.2, 0.25) is 0 Å². The van der Waals surface area contributed by atoms with Gasteiger partial charge in [-0.05, 0) is 47.9 Å². The second-order valence-corrected chi connectivity index (χ2v) is 9.51. The molecule has 0 bridgehead atoms. The smallest absolute Gasteiger partial charge is 0.253 e. The molecular weight excluding hydrogens is 519 g/mol. The minimum Gasteiger partial charge on any atom is -0.491 e. The molecule has 5 aromatic rings. The average molecular weight is 543 g/mol. The van der Waals surface area contributed by atoms with E-state index < -0.39 is 27.5 Å². The van der Waals surface area contributed by atoms with Crippen LogP contribution in [0.2, 0.25) is 0 Å². The van der Waals surface area contributed by atoms with Crippen LogP contribution in [0.3, 0.4) is 0 Å². The van der Waals surface area contributed by atoms with E-state index in [-0.39, 0.29) is 35.9 Å². The summed E-state index contributed by atoms with van der Waals surface area (Å²) in [4.78, 5) is 55.8. The highest BCUT2D eigenvalue weighted by Crippen LogP contribution is 2.37. The number of nitrogens with one attached hydrogen (secondary N) is 2. The van der Waals surface area contributed by atoms with Crippen molar-refractivity contribution in [2.45, 2.75) is 6.42 Å². The predicted molar refractivity (Wildman–Crippen MR) is 152 cm³/mol. The maximum absolute atomic E-state index is 14.4. The number of ether oxygens (including phenoxy) is 1. The Labute approximate surface area is 224 Å². The third kappa shape index (κ3) is 4.01. The molecule has 0 atom stereocenters. The maximum atomic E-state index is 14.4. The molecule has 0 radical (unpaired) electrons. The van der Waals surface area contributed by atoms with E-state index in [1.54, 1.807) is 17.2 Å². The Morgan fingerprint density at radius 2 is 1.80 bits per heavy atom. The van der Waals surface area contributed by atoms with Gasteiger partial charge in [0.25, 0.3) is 21.7 Å². The Hall–Kier alpha value is -5.26. The molecule has 40 heavy (non-hydrogen) atoms. The van der Waals surface area contributed by atoms with Gasteiger partial charge >= 0.3 is 0 Å². The highest BCUT2D eigenvalue weighted by atomic mass is 19.1. The molecule has 1 aliphatic rings. The number of rotatable bonds is 8. The zero-order valence-electron chi connectivity index (χ0n) is 21.0. The van der Waals surface area contributed by atoms with Crippen LogP contribution in [0, 0.1) is 5.82 Å². The van der Waals surface area contributed by atoms with Gasteiger partial charge in [-0.2, -0.15) is 0 Å². The molecule has 0 saturated carbocycles. The lowest BCUT2D eigenvalue weighted by Crippen LogP contribution is -2.44. The zero-order valence-corrected chi connectivity index (χ0v) is 21.0. The summed E-state index contributed by atoms with van der Waals surface area (Å²) in [5.74, 6) is -0.0140. The normalized spacial score (nSPS) is 13.7. The van der Waals surface area contributed by atoms with Gasteiger partial charge < -0.3 is 31.4 Å². The summed E-state index contributed by atoms with van der Waals surface area (Å²) < 4.78 is 20.3. The van der Waals surface area contributed by atoms with Gasteiger partial charge in [-0.3, -0.25) is 19.2 Å². The fourth-order valence-electron chi connectivity index (χ4n) is 5.02. The molecule has 3 aromatic carbocycles. The molecule has 1 aliphatic heterocycles. The highest BCUT2D eigenvalue weighted by molar-refractivity contribution is 5.97. The number of nitrogen functional groups attached to an aromatic ring is 2. The number of hydrogen-bond donors (Lipinski definition) is 4. The number of pyridine rings is 1. The van der Waals surface area contributed by atoms with Crippen molar-refractivity contribution < 1.29 is 9.13 Å². The zero-order chi connectivity index (χ0) is 28.1. The Balaban J connectivity index is 1.24. The Morgan fingerprint density at radius 1 is 1.00 bits per heavy atom. The van der Waals surface area contributed by atoms with E-state index in [9.17, 15) is 23.6 Å². The first-order valence-electron chi connectivity index (χ1n) is 12.5. The second kappa shape index (κ2) is 9.49. The van der Waals surface area contributed by atoms with Crippen molar-refractivity contribution in [1.29, 1.82) is 0 Å². The topological polar surface area (TPSA) is 173 Å². The molecule has 12 heteroatoms. The Kier molecular flexibility index (Phi) is 5.94. The fraction of sp³-hybridized carbons (Fsp3) is 0.179. The highest BCUT2D eigenvalue weighted by Gasteiger charge is 2.26. The van der Waals surface area contributed by atoms with Crippen LogP contribution in [0.1, 0.15) is 12.1 Å². The predicted octanol–water partition coefficient (Wildman–Crippen LogP) is 1.51. The van der Waals surface area contributed by atoms with Gasteiger partial charge in [0.15, 0.2) is 0 Å². The van der Waals surface area contributed by atoms with Gasteiger partial charge in [-0.25, -0.2) is 9.37 Å². The molecule has 202 valence electrons. The van der Waals surface area contributed by atoms with E-state index in [4.69, 9.17) is 16.2 Å². The van der Waals surface area contributed by atoms with Gasteiger partial charge in [-0.1, -0.05) is 6.08 Å². The van der Waals surface area contributed by atoms with Gasteiger partial charge in [0.1, 0.15) is 46.6 Å². The summed E-state index contributed by atoms with van der Waals surface area (Å²) in [6, 6.07) is 7.92. The molecule has 6 N–H and O–H groups in total. The summed E-state index contributed by atoms with van der Waals surface area (Å²) in [5, 5.41) is 3.56. The standard InChI is InChI=1S/C28H23FN6O5/c29-14-1-2-19(40-10-7-32-22-20(30)24(36)26(22)38)16(11-14)15-3-6-33-28-17(15)12-18(34-28)13-4-8-35(9-5-13)23-21(31)25(37)27(23)39/h1-4,6,11-12,32H,5,7-10,30-31H2,(H,33,34). The van der Waals surface area contributed by atoms with E-state index in [0.717, 1.165) is 16.7 Å². The SMILES string of the molecule is Nc1c(NCCOc2ccc(F)cc2-c2ccnc3[nH]c(C4=CCN(c5c(N)c(=O)c5=O)CC4)cc23)c(=O)c1=O. The van der Waals surface area contributed by atoms with E-state index in [2.05, 4.69) is 15.3 Å². The first kappa shape index (κ1) is 25.0. The summed E-state index contributed by atoms with van der Waals surface area (Å²) in [6.07, 6.45) is 4.20. The molecular formula is C28H23FN6O5. The molecule has 0 saturated heterocycles. The summed E-state index contributed by atoms with van der Waals surface area (Å²) in [5.41, 5.74) is 12.7. The van der Waals surface area contributed by atoms with Crippen molar-refractivity contribution in [1.82, 2.24) is 9.97 Å². The summed E-state index contributed by atoms with van der Waals surface area (Å²) in [6.45, 7) is 1.29. The minimum atomic E-state index is -0.704. The third-order valence-corrected chi connectivity index (χ3v) is 7.16. The van der Waals surface area contributed by atoms with Crippen LogP contribution in [0.15, 0.2) is 61.8 Å². The number of nitrogens with zero attached hydrogens (tertiary/aromatic N) is 2. The van der Waals surface area contributed by atoms with Crippen molar-refractivity contribution in [3.8, 4) is 16.9 Å². The largest absolute Gasteiger partial charge is 0.491 e. The van der Waals surface area contributed by atoms with Crippen molar-refractivity contribution in [2.24, 2.45) is 0 Å². The van der Waals surface area contributed by atoms with Crippen LogP contribution >= 0.6 is 0 Å². The van der Waals surface area contributed by atoms with Gasteiger partial charge in [-0.15, -0.1) is 0 Å². The molecule has 0 aliphatic carbocycles. The number of aromatic nitrogens is 2. The van der Waals surface area contributed by atoms with Crippen LogP contribution in [-0.2, 0) is 0 Å². The average Bonchev–Trinajstić information content (AvgIpc) is 3.42. The Morgan fingerprint density at radius 3 is 2.52 bits per heavy atom. The molecule has 2 aromatic heterocycles. The lowest BCUT2D eigenvalue weighted by Gasteiger charge is -2.29. The van der Waals surface area contributed by atoms with Crippen molar-refractivity contribution >= 4 is 39.4 Å². The molecule has 0 amide bonds. The van der Waals surface area contributed by atoms with Crippen LogP contribution in [0.25, 0.3) is 27.7 Å². The lowest BCUT2D eigenvalue weighted by atomic mass is 10.0. The van der Waals surface area contributed by atoms with Gasteiger partial charge in [0.05, 0.1) is 0 Å².